The highest BCUT2D eigenvalue weighted by Crippen LogP contribution is 2.28. The summed E-state index contributed by atoms with van der Waals surface area (Å²) in [7, 11) is 0. The van der Waals surface area contributed by atoms with Crippen molar-refractivity contribution < 1.29 is 14.9 Å². The van der Waals surface area contributed by atoms with Crippen molar-refractivity contribution in [1.82, 2.24) is 0 Å². The first-order valence-corrected chi connectivity index (χ1v) is 6.06. The highest BCUT2D eigenvalue weighted by atomic mass is 17.1. The van der Waals surface area contributed by atoms with E-state index in [1.54, 1.807) is 6.08 Å². The van der Waals surface area contributed by atoms with Crippen LogP contribution >= 0.6 is 0 Å². The van der Waals surface area contributed by atoms with E-state index in [4.69, 9.17) is 5.26 Å². The molecule has 19 heavy (non-hydrogen) atoms. The van der Waals surface area contributed by atoms with Crippen LogP contribution < -0.4 is 0 Å². The van der Waals surface area contributed by atoms with Crippen LogP contribution in [0.4, 0.5) is 0 Å². The Morgan fingerprint density at radius 2 is 1.89 bits per heavy atom. The lowest BCUT2D eigenvalue weighted by atomic mass is 9.93. The van der Waals surface area contributed by atoms with Crippen LogP contribution in [-0.2, 0) is 9.68 Å². The second-order valence-corrected chi connectivity index (χ2v) is 5.12. The first-order valence-electron chi connectivity index (χ1n) is 6.06. The van der Waals surface area contributed by atoms with Gasteiger partial charge in [0.1, 0.15) is 0 Å². The first-order chi connectivity index (χ1) is 9.00. The maximum atomic E-state index is 10.8. The number of carbonyl (C=O) groups excluding carboxylic acids is 1. The van der Waals surface area contributed by atoms with E-state index in [1.165, 1.54) is 6.08 Å². The van der Waals surface area contributed by atoms with E-state index in [2.05, 4.69) is 43.0 Å². The summed E-state index contributed by atoms with van der Waals surface area (Å²) in [6, 6.07) is 5.90. The minimum Gasteiger partial charge on any atom is -0.296 e. The Hall–Kier alpha value is -2.13. The summed E-state index contributed by atoms with van der Waals surface area (Å²) in [5, 5.41) is 8.18. The molecule has 0 unspecified atom stereocenters. The standard InChI is InChI=1S/C16H16O3/c1-16(2)9-7-13-5-3-12(4-6-15(17)19-18)11-14(13)8-10-16/h3-11,18H,1-2H3/b6-4+. The Balaban J connectivity index is 2.31. The molecular formula is C16H16O3. The van der Waals surface area contributed by atoms with Crippen LogP contribution in [0, 0.1) is 5.41 Å². The average Bonchev–Trinajstić information content (AvgIpc) is 2.55. The van der Waals surface area contributed by atoms with Gasteiger partial charge in [-0.3, -0.25) is 4.89 Å². The van der Waals surface area contributed by atoms with Gasteiger partial charge in [-0.25, -0.2) is 4.79 Å². The van der Waals surface area contributed by atoms with E-state index in [1.807, 2.05) is 18.2 Å². The van der Waals surface area contributed by atoms with Crippen LogP contribution in [0.3, 0.4) is 0 Å². The molecule has 0 aromatic heterocycles. The van der Waals surface area contributed by atoms with Crippen molar-refractivity contribution >= 4 is 24.2 Å². The van der Waals surface area contributed by atoms with E-state index in [9.17, 15) is 4.79 Å². The smallest absolute Gasteiger partial charge is 0.296 e. The highest BCUT2D eigenvalue weighted by Gasteiger charge is 2.12. The second-order valence-electron chi connectivity index (χ2n) is 5.12. The van der Waals surface area contributed by atoms with E-state index in [0.29, 0.717) is 0 Å². The molecule has 1 aliphatic rings. The SMILES string of the molecule is CC1(C)C=Cc2ccc(/C=C/C(=O)OO)cc2C=C1. The molecule has 0 saturated heterocycles. The summed E-state index contributed by atoms with van der Waals surface area (Å²) in [4.78, 5) is 14.4. The molecule has 0 amide bonds. The van der Waals surface area contributed by atoms with Gasteiger partial charge in [0.2, 0.25) is 0 Å². The lowest BCUT2D eigenvalue weighted by Crippen LogP contribution is -1.99. The number of fused-ring (bicyclic) bond motifs is 1. The average molecular weight is 256 g/mol. The van der Waals surface area contributed by atoms with Gasteiger partial charge in [0.05, 0.1) is 0 Å². The summed E-state index contributed by atoms with van der Waals surface area (Å²) >= 11 is 0. The molecule has 0 fully saturated rings. The number of carbonyl (C=O) groups is 1. The second kappa shape index (κ2) is 5.24. The minimum atomic E-state index is -0.786. The summed E-state index contributed by atoms with van der Waals surface area (Å²) in [5.41, 5.74) is 3.15. The highest BCUT2D eigenvalue weighted by molar-refractivity contribution is 5.86. The first kappa shape index (κ1) is 13.3. The zero-order chi connectivity index (χ0) is 13.9. The molecule has 1 N–H and O–H groups in total. The summed E-state index contributed by atoms with van der Waals surface area (Å²) in [6.07, 6.45) is 11.3. The van der Waals surface area contributed by atoms with Crippen molar-refractivity contribution in [3.05, 3.63) is 53.1 Å². The van der Waals surface area contributed by atoms with Gasteiger partial charge in [0, 0.05) is 11.5 Å². The fraction of sp³-hybridized carbons (Fsp3) is 0.188. The minimum absolute atomic E-state index is 0.0374. The molecule has 98 valence electrons. The lowest BCUT2D eigenvalue weighted by Gasteiger charge is -2.11. The van der Waals surface area contributed by atoms with E-state index < -0.39 is 5.97 Å². The fourth-order valence-corrected chi connectivity index (χ4v) is 1.85. The fourth-order valence-electron chi connectivity index (χ4n) is 1.85. The van der Waals surface area contributed by atoms with Crippen LogP contribution in [0.25, 0.3) is 18.2 Å². The topological polar surface area (TPSA) is 46.5 Å². The zero-order valence-electron chi connectivity index (χ0n) is 11.0. The monoisotopic (exact) mass is 256 g/mol. The van der Waals surface area contributed by atoms with Gasteiger partial charge < -0.3 is 0 Å². The van der Waals surface area contributed by atoms with Crippen molar-refractivity contribution in [2.45, 2.75) is 13.8 Å². The molecule has 1 aromatic rings. The normalized spacial score (nSPS) is 16.2. The van der Waals surface area contributed by atoms with Crippen molar-refractivity contribution in [1.29, 1.82) is 0 Å². The van der Waals surface area contributed by atoms with Gasteiger partial charge in [-0.1, -0.05) is 50.3 Å². The van der Waals surface area contributed by atoms with Crippen LogP contribution in [-0.4, -0.2) is 11.2 Å². The summed E-state index contributed by atoms with van der Waals surface area (Å²) in [5.74, 6) is -0.786. The molecule has 2 rings (SSSR count). The third-order valence-electron chi connectivity index (χ3n) is 3.00. The Morgan fingerprint density at radius 3 is 2.58 bits per heavy atom. The largest absolute Gasteiger partial charge is 0.365 e. The predicted octanol–water partition coefficient (Wildman–Crippen LogP) is 3.78. The van der Waals surface area contributed by atoms with E-state index >= 15 is 0 Å². The molecule has 0 spiro atoms. The Morgan fingerprint density at radius 1 is 1.21 bits per heavy atom. The van der Waals surface area contributed by atoms with Crippen LogP contribution in [0.5, 0.6) is 0 Å². The van der Waals surface area contributed by atoms with E-state index in [0.717, 1.165) is 16.7 Å². The Labute approximate surface area is 112 Å². The zero-order valence-corrected chi connectivity index (χ0v) is 11.0. The molecule has 3 heteroatoms. The maximum absolute atomic E-state index is 10.8. The van der Waals surface area contributed by atoms with Crippen LogP contribution in [0.1, 0.15) is 30.5 Å². The number of allylic oxidation sites excluding steroid dienone is 2. The van der Waals surface area contributed by atoms with Crippen molar-refractivity contribution in [2.75, 3.05) is 0 Å². The van der Waals surface area contributed by atoms with Gasteiger partial charge in [-0.05, 0) is 28.8 Å². The molecule has 0 aliphatic heterocycles. The number of rotatable bonds is 2. The summed E-state index contributed by atoms with van der Waals surface area (Å²) < 4.78 is 0. The number of benzene rings is 1. The van der Waals surface area contributed by atoms with Gasteiger partial charge in [0.25, 0.3) is 0 Å². The number of hydrogen-bond donors (Lipinski definition) is 1. The maximum Gasteiger partial charge on any atom is 0.365 e. The van der Waals surface area contributed by atoms with Crippen molar-refractivity contribution in [3.63, 3.8) is 0 Å². The molecule has 1 aliphatic carbocycles. The van der Waals surface area contributed by atoms with Crippen LogP contribution in [0.15, 0.2) is 36.4 Å². The predicted molar refractivity (Wildman–Crippen MR) is 76.0 cm³/mol. The van der Waals surface area contributed by atoms with Gasteiger partial charge in [-0.2, -0.15) is 5.26 Å². The molecule has 0 bridgehead atoms. The summed E-state index contributed by atoms with van der Waals surface area (Å²) in [6.45, 7) is 4.29. The molecule has 3 nitrogen and oxygen atoms in total. The molecule has 0 saturated carbocycles. The molecule has 0 radical (unpaired) electrons. The van der Waals surface area contributed by atoms with Crippen molar-refractivity contribution in [2.24, 2.45) is 5.41 Å². The molecule has 0 heterocycles. The van der Waals surface area contributed by atoms with Crippen molar-refractivity contribution in [3.8, 4) is 0 Å². The Bertz CT molecular complexity index is 578. The molecule has 1 aromatic carbocycles. The Kier molecular flexibility index (Phi) is 3.67. The van der Waals surface area contributed by atoms with E-state index in [-0.39, 0.29) is 5.41 Å². The quantitative estimate of drug-likeness (QED) is 0.497. The third kappa shape index (κ3) is 3.42. The lowest BCUT2D eigenvalue weighted by molar-refractivity contribution is -0.227. The molecular weight excluding hydrogens is 240 g/mol. The molecule has 0 atom stereocenters. The van der Waals surface area contributed by atoms with Gasteiger partial charge >= 0.3 is 5.97 Å². The van der Waals surface area contributed by atoms with Crippen LogP contribution in [0.2, 0.25) is 0 Å². The van der Waals surface area contributed by atoms with Gasteiger partial charge in [0.15, 0.2) is 0 Å². The third-order valence-corrected chi connectivity index (χ3v) is 3.00. The number of hydrogen-bond acceptors (Lipinski definition) is 3. The van der Waals surface area contributed by atoms with Gasteiger partial charge in [-0.15, -0.1) is 0 Å².